The third-order valence-electron chi connectivity index (χ3n) is 3.67. The summed E-state index contributed by atoms with van der Waals surface area (Å²) in [6, 6.07) is -1.40. The lowest BCUT2D eigenvalue weighted by atomic mass is 9.85. The number of carbonyl (C=O) groups excluding carboxylic acids is 2. The van der Waals surface area contributed by atoms with E-state index in [1.54, 1.807) is 4.90 Å². The molecule has 0 radical (unpaired) electrons. The SMILES string of the molecule is C=C(C1CCN(C(C)=O)CC1)C(O)C(NC=O)C(=O)O. The second-order valence-corrected chi connectivity index (χ2v) is 4.90. The highest BCUT2D eigenvalue weighted by Gasteiger charge is 2.33. The number of hydrogen-bond donors (Lipinski definition) is 3. The van der Waals surface area contributed by atoms with E-state index in [2.05, 4.69) is 11.9 Å². The maximum atomic E-state index is 11.2. The van der Waals surface area contributed by atoms with Crippen molar-refractivity contribution in [2.75, 3.05) is 13.1 Å². The lowest BCUT2D eigenvalue weighted by Gasteiger charge is -2.34. The van der Waals surface area contributed by atoms with Crippen LogP contribution in [0.5, 0.6) is 0 Å². The Bertz CT molecular complexity index is 402. The van der Waals surface area contributed by atoms with Gasteiger partial charge in [0.1, 0.15) is 6.10 Å². The number of amides is 2. The van der Waals surface area contributed by atoms with Gasteiger partial charge >= 0.3 is 5.97 Å². The van der Waals surface area contributed by atoms with Gasteiger partial charge in [-0.2, -0.15) is 0 Å². The largest absolute Gasteiger partial charge is 0.480 e. The lowest BCUT2D eigenvalue weighted by Crippen LogP contribution is -2.48. The molecule has 1 heterocycles. The first-order chi connectivity index (χ1) is 9.38. The molecule has 3 N–H and O–H groups in total. The van der Waals surface area contributed by atoms with E-state index in [0.717, 1.165) is 0 Å². The minimum Gasteiger partial charge on any atom is -0.480 e. The van der Waals surface area contributed by atoms with Crippen LogP contribution in [0.3, 0.4) is 0 Å². The van der Waals surface area contributed by atoms with E-state index in [-0.39, 0.29) is 18.2 Å². The van der Waals surface area contributed by atoms with Crippen LogP contribution in [0, 0.1) is 5.92 Å². The van der Waals surface area contributed by atoms with Gasteiger partial charge in [-0.3, -0.25) is 9.59 Å². The molecule has 1 aliphatic heterocycles. The van der Waals surface area contributed by atoms with Crippen molar-refractivity contribution in [3.05, 3.63) is 12.2 Å². The van der Waals surface area contributed by atoms with Crippen molar-refractivity contribution in [3.8, 4) is 0 Å². The Morgan fingerprint density at radius 3 is 2.35 bits per heavy atom. The molecule has 1 rings (SSSR count). The summed E-state index contributed by atoms with van der Waals surface area (Å²) in [4.78, 5) is 34.3. The lowest BCUT2D eigenvalue weighted by molar-refractivity contribution is -0.143. The van der Waals surface area contributed by atoms with Crippen LogP contribution in [0.2, 0.25) is 0 Å². The number of likely N-dealkylation sites (tertiary alicyclic amines) is 1. The van der Waals surface area contributed by atoms with Gasteiger partial charge < -0.3 is 20.4 Å². The van der Waals surface area contributed by atoms with Crippen LogP contribution in [0.15, 0.2) is 12.2 Å². The number of rotatable bonds is 6. The summed E-state index contributed by atoms with van der Waals surface area (Å²) in [5, 5.41) is 21.1. The van der Waals surface area contributed by atoms with E-state index in [1.807, 2.05) is 0 Å². The van der Waals surface area contributed by atoms with Gasteiger partial charge in [0.2, 0.25) is 12.3 Å². The molecular formula is C13H20N2O5. The van der Waals surface area contributed by atoms with Gasteiger partial charge in [-0.1, -0.05) is 6.58 Å². The topological polar surface area (TPSA) is 107 Å². The van der Waals surface area contributed by atoms with E-state index in [4.69, 9.17) is 5.11 Å². The predicted molar refractivity (Wildman–Crippen MR) is 70.7 cm³/mol. The van der Waals surface area contributed by atoms with Crippen molar-refractivity contribution in [1.82, 2.24) is 10.2 Å². The summed E-state index contributed by atoms with van der Waals surface area (Å²) in [5.41, 5.74) is 0.384. The molecule has 112 valence electrons. The summed E-state index contributed by atoms with van der Waals surface area (Å²) < 4.78 is 0. The van der Waals surface area contributed by atoms with Crippen LogP contribution in [0.4, 0.5) is 0 Å². The zero-order valence-electron chi connectivity index (χ0n) is 11.4. The Morgan fingerprint density at radius 1 is 1.40 bits per heavy atom. The Morgan fingerprint density at radius 2 is 1.95 bits per heavy atom. The summed E-state index contributed by atoms with van der Waals surface area (Å²) in [6.45, 7) is 6.38. The van der Waals surface area contributed by atoms with Gasteiger partial charge in [0.05, 0.1) is 0 Å². The summed E-state index contributed by atoms with van der Waals surface area (Å²) in [7, 11) is 0. The van der Waals surface area contributed by atoms with E-state index in [9.17, 15) is 19.5 Å². The number of carbonyl (C=O) groups is 3. The standard InChI is InChI=1S/C13H20N2O5/c1-8(12(18)11(13(19)20)14-7-16)10-3-5-15(6-4-10)9(2)17/h7,10-12,18H,1,3-6H2,2H3,(H,14,16)(H,19,20). The second-order valence-electron chi connectivity index (χ2n) is 4.90. The molecule has 1 fully saturated rings. The minimum atomic E-state index is -1.40. The van der Waals surface area contributed by atoms with Crippen LogP contribution in [0.25, 0.3) is 0 Å². The monoisotopic (exact) mass is 284 g/mol. The number of aliphatic hydroxyl groups excluding tert-OH is 1. The highest BCUT2D eigenvalue weighted by molar-refractivity contribution is 5.77. The maximum Gasteiger partial charge on any atom is 0.329 e. The normalized spacial score (nSPS) is 19.0. The Kier molecular flexibility index (Phi) is 5.69. The minimum absolute atomic E-state index is 0.000597. The fourth-order valence-electron chi connectivity index (χ4n) is 2.39. The predicted octanol–water partition coefficient (Wildman–Crippen LogP) is -0.639. The van der Waals surface area contributed by atoms with Gasteiger partial charge in [-0.25, -0.2) is 4.79 Å². The van der Waals surface area contributed by atoms with Crippen molar-refractivity contribution in [1.29, 1.82) is 0 Å². The third kappa shape index (κ3) is 3.80. The second kappa shape index (κ2) is 7.04. The number of aliphatic carboxylic acids is 1. The molecule has 0 bridgehead atoms. The maximum absolute atomic E-state index is 11.2. The Hall–Kier alpha value is -1.89. The summed E-state index contributed by atoms with van der Waals surface area (Å²) in [5.74, 6) is -1.37. The van der Waals surface area contributed by atoms with E-state index in [0.29, 0.717) is 31.5 Å². The van der Waals surface area contributed by atoms with Crippen molar-refractivity contribution < 1.29 is 24.6 Å². The van der Waals surface area contributed by atoms with Crippen LogP contribution in [0.1, 0.15) is 19.8 Å². The quantitative estimate of drug-likeness (QED) is 0.444. The molecule has 0 aromatic carbocycles. The molecule has 20 heavy (non-hydrogen) atoms. The average Bonchev–Trinajstić information content (AvgIpc) is 2.43. The molecule has 1 saturated heterocycles. The van der Waals surface area contributed by atoms with Gasteiger partial charge in [0.15, 0.2) is 6.04 Å². The van der Waals surface area contributed by atoms with Crippen molar-refractivity contribution in [2.45, 2.75) is 31.9 Å². The fraction of sp³-hybridized carbons (Fsp3) is 0.615. The van der Waals surface area contributed by atoms with Gasteiger partial charge in [-0.05, 0) is 24.3 Å². The molecule has 0 aromatic rings. The Labute approximate surface area is 117 Å². The number of nitrogens with zero attached hydrogens (tertiary/aromatic N) is 1. The number of piperidine rings is 1. The number of nitrogens with one attached hydrogen (secondary N) is 1. The van der Waals surface area contributed by atoms with Crippen molar-refractivity contribution in [3.63, 3.8) is 0 Å². The number of carboxylic acid groups (broad SMARTS) is 1. The van der Waals surface area contributed by atoms with Crippen LogP contribution in [-0.2, 0) is 14.4 Å². The van der Waals surface area contributed by atoms with Crippen molar-refractivity contribution in [2.24, 2.45) is 5.92 Å². The highest BCUT2D eigenvalue weighted by Crippen LogP contribution is 2.27. The first-order valence-corrected chi connectivity index (χ1v) is 6.43. The first-order valence-electron chi connectivity index (χ1n) is 6.43. The van der Waals surface area contributed by atoms with E-state index >= 15 is 0 Å². The Balaban J connectivity index is 2.63. The van der Waals surface area contributed by atoms with Crippen LogP contribution in [-0.4, -0.2) is 58.6 Å². The molecule has 0 aromatic heterocycles. The average molecular weight is 284 g/mol. The number of carboxylic acids is 1. The summed E-state index contributed by atoms with van der Waals surface area (Å²) >= 11 is 0. The first kappa shape index (κ1) is 16.2. The van der Waals surface area contributed by atoms with Crippen LogP contribution < -0.4 is 5.32 Å². The van der Waals surface area contributed by atoms with Crippen molar-refractivity contribution >= 4 is 18.3 Å². The smallest absolute Gasteiger partial charge is 0.329 e. The zero-order chi connectivity index (χ0) is 15.3. The molecule has 2 atom stereocenters. The highest BCUT2D eigenvalue weighted by atomic mass is 16.4. The van der Waals surface area contributed by atoms with Gasteiger partial charge in [-0.15, -0.1) is 0 Å². The zero-order valence-corrected chi connectivity index (χ0v) is 11.4. The molecule has 0 aliphatic carbocycles. The molecule has 7 heteroatoms. The van der Waals surface area contributed by atoms with E-state index in [1.165, 1.54) is 6.92 Å². The molecule has 7 nitrogen and oxygen atoms in total. The van der Waals surface area contributed by atoms with Crippen LogP contribution >= 0.6 is 0 Å². The molecule has 1 aliphatic rings. The van der Waals surface area contributed by atoms with Gasteiger partial charge in [0.25, 0.3) is 0 Å². The molecule has 0 saturated carbocycles. The van der Waals surface area contributed by atoms with E-state index < -0.39 is 18.1 Å². The third-order valence-corrected chi connectivity index (χ3v) is 3.67. The molecule has 0 spiro atoms. The number of aliphatic hydroxyl groups is 1. The van der Waals surface area contributed by atoms with Gasteiger partial charge in [0, 0.05) is 20.0 Å². The number of hydrogen-bond acceptors (Lipinski definition) is 4. The molecule has 2 unspecified atom stereocenters. The fourth-order valence-corrected chi connectivity index (χ4v) is 2.39. The molecule has 2 amide bonds. The summed E-state index contributed by atoms with van der Waals surface area (Å²) in [6.07, 6.45) is 0.158. The molecular weight excluding hydrogens is 264 g/mol.